The first-order valence-corrected chi connectivity index (χ1v) is 9.85. The van der Waals surface area contributed by atoms with Crippen molar-refractivity contribution < 1.29 is 0 Å². The summed E-state index contributed by atoms with van der Waals surface area (Å²) in [6, 6.07) is 7.11. The number of fused-ring (bicyclic) bond motifs is 2. The molecule has 1 atom stereocenters. The van der Waals surface area contributed by atoms with Gasteiger partial charge in [0.1, 0.15) is 16.5 Å². The van der Waals surface area contributed by atoms with E-state index in [1.54, 1.807) is 6.07 Å². The molecule has 0 aliphatic rings. The van der Waals surface area contributed by atoms with Gasteiger partial charge < -0.3 is 9.97 Å². The number of aryl methyl sites for hydroxylation is 2. The summed E-state index contributed by atoms with van der Waals surface area (Å²) in [5.41, 5.74) is 1.39. The van der Waals surface area contributed by atoms with Crippen molar-refractivity contribution in [3.8, 4) is 0 Å². The molecule has 4 aromatic rings. The van der Waals surface area contributed by atoms with E-state index >= 15 is 0 Å². The molecule has 3 aromatic heterocycles. The number of hydrogen-bond donors (Lipinski definition) is 2. The zero-order valence-corrected chi connectivity index (χ0v) is 17.0. The number of hydrogen-bond acceptors (Lipinski definition) is 6. The van der Waals surface area contributed by atoms with Gasteiger partial charge in [0.2, 0.25) is 0 Å². The highest BCUT2D eigenvalue weighted by molar-refractivity contribution is 7.18. The number of aromatic nitrogens is 4. The summed E-state index contributed by atoms with van der Waals surface area (Å²) in [7, 11) is 1.91. The first kappa shape index (κ1) is 18.5. The van der Waals surface area contributed by atoms with Gasteiger partial charge in [0.15, 0.2) is 0 Å². The highest BCUT2D eigenvalue weighted by Crippen LogP contribution is 2.27. The molecule has 3 heterocycles. The molecule has 0 spiro atoms. The lowest BCUT2D eigenvalue weighted by Gasteiger charge is -2.23. The SMILES string of the molecule is Cc1sc2nc(C(C)N(C)Cc3nc4ccccc4c(=O)[nH]3)[nH]c(=O)c2c1C. The lowest BCUT2D eigenvalue weighted by molar-refractivity contribution is 0.238. The second-order valence-electron chi connectivity index (χ2n) is 7.04. The Hall–Kier alpha value is -2.84. The first-order chi connectivity index (χ1) is 13.3. The van der Waals surface area contributed by atoms with Crippen molar-refractivity contribution in [1.82, 2.24) is 24.8 Å². The Bertz CT molecular complexity index is 1300. The number of nitrogens with one attached hydrogen (secondary N) is 2. The minimum Gasteiger partial charge on any atom is -0.309 e. The Morgan fingerprint density at radius 3 is 2.64 bits per heavy atom. The van der Waals surface area contributed by atoms with E-state index in [0.29, 0.717) is 34.5 Å². The van der Waals surface area contributed by atoms with Crippen LogP contribution in [0.1, 0.15) is 35.1 Å². The highest BCUT2D eigenvalue weighted by atomic mass is 32.1. The molecule has 0 saturated heterocycles. The van der Waals surface area contributed by atoms with Crippen LogP contribution in [0.3, 0.4) is 0 Å². The molecule has 0 aliphatic heterocycles. The van der Waals surface area contributed by atoms with Crippen LogP contribution in [-0.4, -0.2) is 31.9 Å². The van der Waals surface area contributed by atoms with Crippen LogP contribution < -0.4 is 11.1 Å². The minimum atomic E-state index is -0.156. The maximum absolute atomic E-state index is 12.5. The standard InChI is InChI=1S/C20H21N5O2S/c1-10-12(3)28-20-16(10)19(27)23-17(24-20)11(2)25(4)9-15-21-14-8-6-5-7-13(14)18(26)22-15/h5-8,11H,9H2,1-4H3,(H,21,22,26)(H,23,24,27). The van der Waals surface area contributed by atoms with Crippen molar-refractivity contribution in [2.24, 2.45) is 0 Å². The van der Waals surface area contributed by atoms with E-state index in [1.807, 2.05) is 50.9 Å². The quantitative estimate of drug-likeness (QED) is 0.554. The van der Waals surface area contributed by atoms with E-state index in [4.69, 9.17) is 0 Å². The monoisotopic (exact) mass is 395 g/mol. The number of aromatic amines is 2. The van der Waals surface area contributed by atoms with Crippen LogP contribution in [0.4, 0.5) is 0 Å². The van der Waals surface area contributed by atoms with Crippen LogP contribution in [0, 0.1) is 13.8 Å². The molecule has 2 N–H and O–H groups in total. The van der Waals surface area contributed by atoms with Gasteiger partial charge in [-0.15, -0.1) is 11.3 Å². The summed E-state index contributed by atoms with van der Waals surface area (Å²) in [4.78, 5) is 43.6. The Labute approximate surface area is 165 Å². The van der Waals surface area contributed by atoms with Crippen molar-refractivity contribution in [3.63, 3.8) is 0 Å². The number of rotatable bonds is 4. The third kappa shape index (κ3) is 3.14. The minimum absolute atomic E-state index is 0.112. The average Bonchev–Trinajstić information content (AvgIpc) is 2.95. The van der Waals surface area contributed by atoms with E-state index in [-0.39, 0.29) is 17.2 Å². The fourth-order valence-corrected chi connectivity index (χ4v) is 4.30. The second-order valence-corrected chi connectivity index (χ2v) is 8.24. The molecule has 0 bridgehead atoms. The van der Waals surface area contributed by atoms with E-state index in [1.165, 1.54) is 11.3 Å². The molecule has 0 amide bonds. The van der Waals surface area contributed by atoms with Gasteiger partial charge in [0, 0.05) is 4.88 Å². The molecule has 0 fully saturated rings. The number of H-pyrrole nitrogens is 2. The molecule has 28 heavy (non-hydrogen) atoms. The van der Waals surface area contributed by atoms with Gasteiger partial charge in [-0.3, -0.25) is 14.5 Å². The van der Waals surface area contributed by atoms with E-state index in [2.05, 4.69) is 19.9 Å². The summed E-state index contributed by atoms with van der Waals surface area (Å²) < 4.78 is 0. The average molecular weight is 395 g/mol. The van der Waals surface area contributed by atoms with Crippen molar-refractivity contribution in [1.29, 1.82) is 0 Å². The Kier molecular flexibility index (Phi) is 4.60. The molecule has 144 valence electrons. The van der Waals surface area contributed by atoms with Gasteiger partial charge in [-0.25, -0.2) is 9.97 Å². The van der Waals surface area contributed by atoms with E-state index < -0.39 is 0 Å². The van der Waals surface area contributed by atoms with Crippen LogP contribution >= 0.6 is 11.3 Å². The number of benzene rings is 1. The van der Waals surface area contributed by atoms with Crippen molar-refractivity contribution in [2.45, 2.75) is 33.4 Å². The van der Waals surface area contributed by atoms with Crippen molar-refractivity contribution in [3.05, 3.63) is 67.1 Å². The van der Waals surface area contributed by atoms with Crippen LogP contribution in [0.2, 0.25) is 0 Å². The largest absolute Gasteiger partial charge is 0.309 e. The normalized spacial score (nSPS) is 12.9. The molecule has 4 rings (SSSR count). The number of nitrogens with zero attached hydrogens (tertiary/aromatic N) is 3. The van der Waals surface area contributed by atoms with Gasteiger partial charge >= 0.3 is 0 Å². The Morgan fingerprint density at radius 2 is 1.86 bits per heavy atom. The number of thiophene rings is 1. The predicted octanol–water partition coefficient (Wildman–Crippen LogP) is 3.03. The van der Waals surface area contributed by atoms with Crippen molar-refractivity contribution in [2.75, 3.05) is 7.05 Å². The lowest BCUT2D eigenvalue weighted by atomic mass is 10.2. The fourth-order valence-electron chi connectivity index (χ4n) is 3.26. The van der Waals surface area contributed by atoms with Crippen LogP contribution in [0.5, 0.6) is 0 Å². The third-order valence-corrected chi connectivity index (χ3v) is 6.28. The fraction of sp³-hybridized carbons (Fsp3) is 0.300. The van der Waals surface area contributed by atoms with Crippen LogP contribution in [0.25, 0.3) is 21.1 Å². The molecular weight excluding hydrogens is 374 g/mol. The Morgan fingerprint density at radius 1 is 1.11 bits per heavy atom. The summed E-state index contributed by atoms with van der Waals surface area (Å²) in [5, 5.41) is 1.24. The van der Waals surface area contributed by atoms with Gasteiger partial charge in [0.05, 0.1) is 28.9 Å². The Balaban J connectivity index is 1.65. The molecule has 1 unspecified atom stereocenters. The summed E-state index contributed by atoms with van der Waals surface area (Å²) in [5.74, 6) is 1.17. The smallest absolute Gasteiger partial charge is 0.259 e. The summed E-state index contributed by atoms with van der Waals surface area (Å²) in [6.45, 7) is 6.34. The van der Waals surface area contributed by atoms with Crippen molar-refractivity contribution >= 4 is 32.5 Å². The molecule has 0 saturated carbocycles. The molecule has 1 aromatic carbocycles. The van der Waals surface area contributed by atoms with E-state index in [9.17, 15) is 9.59 Å². The molecule has 7 nitrogen and oxygen atoms in total. The zero-order chi connectivity index (χ0) is 20.0. The maximum atomic E-state index is 12.5. The molecular formula is C20H21N5O2S. The molecule has 0 aliphatic carbocycles. The highest BCUT2D eigenvalue weighted by Gasteiger charge is 2.19. The molecule has 8 heteroatoms. The van der Waals surface area contributed by atoms with E-state index in [0.717, 1.165) is 15.3 Å². The lowest BCUT2D eigenvalue weighted by Crippen LogP contribution is -2.27. The summed E-state index contributed by atoms with van der Waals surface area (Å²) in [6.07, 6.45) is 0. The maximum Gasteiger partial charge on any atom is 0.259 e. The molecule has 0 radical (unpaired) electrons. The van der Waals surface area contributed by atoms with Gasteiger partial charge in [-0.1, -0.05) is 12.1 Å². The van der Waals surface area contributed by atoms with Crippen LogP contribution in [-0.2, 0) is 6.54 Å². The van der Waals surface area contributed by atoms with Crippen LogP contribution in [0.15, 0.2) is 33.9 Å². The van der Waals surface area contributed by atoms with Gasteiger partial charge in [0.25, 0.3) is 11.1 Å². The zero-order valence-electron chi connectivity index (χ0n) is 16.2. The predicted molar refractivity (Wildman–Crippen MR) is 112 cm³/mol. The summed E-state index contributed by atoms with van der Waals surface area (Å²) >= 11 is 1.53. The van der Waals surface area contributed by atoms with Gasteiger partial charge in [-0.05, 0) is 45.5 Å². The third-order valence-electron chi connectivity index (χ3n) is 5.18. The topological polar surface area (TPSA) is 94.7 Å². The van der Waals surface area contributed by atoms with Gasteiger partial charge in [-0.2, -0.15) is 0 Å². The number of para-hydroxylation sites is 1. The second kappa shape index (κ2) is 6.96. The first-order valence-electron chi connectivity index (χ1n) is 9.03.